The third-order valence-electron chi connectivity index (χ3n) is 5.90. The summed E-state index contributed by atoms with van der Waals surface area (Å²) in [7, 11) is 0. The number of thiophene rings is 1. The molecule has 4 rings (SSSR count). The molecule has 3 atom stereocenters. The molecule has 1 aromatic heterocycles. The van der Waals surface area contributed by atoms with E-state index in [0.717, 1.165) is 38.8 Å². The summed E-state index contributed by atoms with van der Waals surface area (Å²) >= 11 is 1.77. The molecule has 2 heterocycles. The van der Waals surface area contributed by atoms with Gasteiger partial charge in [-0.2, -0.15) is 0 Å². The third-order valence-corrected chi connectivity index (χ3v) is 7.06. The number of hydrogen-bond acceptors (Lipinski definition) is 3. The SMILES string of the molecule is Cc1ccsc1C1CC1C(=O)N1CCC2(CC1)CC2C(=O)O. The molecule has 1 saturated heterocycles. The topological polar surface area (TPSA) is 57.6 Å². The van der Waals surface area contributed by atoms with Crippen molar-refractivity contribution in [2.45, 2.75) is 38.5 Å². The second-order valence-corrected chi connectivity index (χ2v) is 8.15. The number of piperidine rings is 1. The molecule has 22 heavy (non-hydrogen) atoms. The lowest BCUT2D eigenvalue weighted by Crippen LogP contribution is -2.41. The van der Waals surface area contributed by atoms with Crippen molar-refractivity contribution >= 4 is 23.2 Å². The number of carbonyl (C=O) groups excluding carboxylic acids is 1. The number of aryl methyl sites for hydroxylation is 1. The van der Waals surface area contributed by atoms with Crippen LogP contribution in [0.1, 0.15) is 42.0 Å². The Morgan fingerprint density at radius 1 is 1.36 bits per heavy atom. The molecule has 0 aromatic carbocycles. The van der Waals surface area contributed by atoms with Crippen molar-refractivity contribution in [1.82, 2.24) is 4.90 Å². The molecule has 1 spiro atoms. The van der Waals surface area contributed by atoms with Gasteiger partial charge >= 0.3 is 5.97 Å². The smallest absolute Gasteiger partial charge is 0.307 e. The number of carboxylic acid groups (broad SMARTS) is 1. The Bertz CT molecular complexity index is 630. The van der Waals surface area contributed by atoms with Crippen molar-refractivity contribution in [3.8, 4) is 0 Å². The Morgan fingerprint density at radius 2 is 2.09 bits per heavy atom. The molecule has 3 fully saturated rings. The van der Waals surface area contributed by atoms with E-state index in [1.165, 1.54) is 10.4 Å². The lowest BCUT2D eigenvalue weighted by Gasteiger charge is -2.32. The van der Waals surface area contributed by atoms with Gasteiger partial charge in [0.15, 0.2) is 0 Å². The van der Waals surface area contributed by atoms with Crippen molar-refractivity contribution in [1.29, 1.82) is 0 Å². The molecule has 1 amide bonds. The summed E-state index contributed by atoms with van der Waals surface area (Å²) in [5.74, 6) is 0.0690. The highest BCUT2D eigenvalue weighted by molar-refractivity contribution is 7.10. The van der Waals surface area contributed by atoms with E-state index >= 15 is 0 Å². The fraction of sp³-hybridized carbons (Fsp3) is 0.647. The van der Waals surface area contributed by atoms with Gasteiger partial charge in [0, 0.05) is 29.8 Å². The molecule has 0 radical (unpaired) electrons. The average Bonchev–Trinajstić information content (AvgIpc) is 3.38. The molecule has 3 aliphatic rings. The highest BCUT2D eigenvalue weighted by Crippen LogP contribution is 2.60. The van der Waals surface area contributed by atoms with Gasteiger partial charge in [-0.3, -0.25) is 9.59 Å². The molecular formula is C17H21NO3S. The number of aliphatic carboxylic acids is 1. The number of nitrogens with zero attached hydrogens (tertiary/aromatic N) is 1. The Balaban J connectivity index is 1.34. The van der Waals surface area contributed by atoms with Gasteiger partial charge < -0.3 is 10.0 Å². The van der Waals surface area contributed by atoms with Crippen LogP contribution >= 0.6 is 11.3 Å². The van der Waals surface area contributed by atoms with Crippen molar-refractivity contribution in [2.24, 2.45) is 17.3 Å². The van der Waals surface area contributed by atoms with Gasteiger partial charge in [0.2, 0.25) is 5.91 Å². The molecule has 2 aliphatic carbocycles. The number of carboxylic acids is 1. The number of carbonyl (C=O) groups is 2. The van der Waals surface area contributed by atoms with E-state index in [2.05, 4.69) is 18.4 Å². The predicted molar refractivity (Wildman–Crippen MR) is 83.9 cm³/mol. The van der Waals surface area contributed by atoms with Crippen LogP contribution in [-0.2, 0) is 9.59 Å². The van der Waals surface area contributed by atoms with Crippen LogP contribution in [0.3, 0.4) is 0 Å². The Labute approximate surface area is 134 Å². The first-order chi connectivity index (χ1) is 10.5. The maximum Gasteiger partial charge on any atom is 0.307 e. The zero-order chi connectivity index (χ0) is 15.5. The molecule has 1 aliphatic heterocycles. The molecule has 2 saturated carbocycles. The Hall–Kier alpha value is -1.36. The lowest BCUT2D eigenvalue weighted by atomic mass is 9.90. The van der Waals surface area contributed by atoms with Crippen LogP contribution in [0.5, 0.6) is 0 Å². The van der Waals surface area contributed by atoms with E-state index in [1.807, 2.05) is 4.90 Å². The summed E-state index contributed by atoms with van der Waals surface area (Å²) in [4.78, 5) is 27.1. The third kappa shape index (κ3) is 2.18. The van der Waals surface area contributed by atoms with Gasteiger partial charge in [0.25, 0.3) is 0 Å². The van der Waals surface area contributed by atoms with Crippen LogP contribution in [0, 0.1) is 24.2 Å². The van der Waals surface area contributed by atoms with E-state index < -0.39 is 5.97 Å². The highest BCUT2D eigenvalue weighted by atomic mass is 32.1. The fourth-order valence-electron chi connectivity index (χ4n) is 4.18. The summed E-state index contributed by atoms with van der Waals surface area (Å²) < 4.78 is 0. The maximum atomic E-state index is 12.6. The van der Waals surface area contributed by atoms with Gasteiger partial charge in [0.05, 0.1) is 5.92 Å². The van der Waals surface area contributed by atoms with Gasteiger partial charge in [-0.1, -0.05) is 0 Å². The van der Waals surface area contributed by atoms with Crippen molar-refractivity contribution in [3.63, 3.8) is 0 Å². The first-order valence-electron chi connectivity index (χ1n) is 8.07. The largest absolute Gasteiger partial charge is 0.481 e. The monoisotopic (exact) mass is 319 g/mol. The number of likely N-dealkylation sites (tertiary alicyclic amines) is 1. The molecule has 5 heteroatoms. The summed E-state index contributed by atoms with van der Waals surface area (Å²) in [6.45, 7) is 3.61. The molecule has 4 nitrogen and oxygen atoms in total. The molecule has 118 valence electrons. The minimum absolute atomic E-state index is 0.00983. The second kappa shape index (κ2) is 4.82. The molecule has 0 bridgehead atoms. The predicted octanol–water partition coefficient (Wildman–Crippen LogP) is 2.87. The summed E-state index contributed by atoms with van der Waals surface area (Å²) in [6, 6.07) is 2.13. The summed E-state index contributed by atoms with van der Waals surface area (Å²) in [5.41, 5.74) is 1.32. The number of rotatable bonds is 3. The van der Waals surface area contributed by atoms with Crippen LogP contribution in [0.15, 0.2) is 11.4 Å². The molecule has 3 unspecified atom stereocenters. The van der Waals surface area contributed by atoms with Gasteiger partial charge in [0.1, 0.15) is 0 Å². The number of amides is 1. The minimum atomic E-state index is -0.657. The Morgan fingerprint density at radius 3 is 2.64 bits per heavy atom. The fourth-order valence-corrected chi connectivity index (χ4v) is 5.29. The van der Waals surface area contributed by atoms with Crippen LogP contribution < -0.4 is 0 Å². The zero-order valence-corrected chi connectivity index (χ0v) is 13.6. The quantitative estimate of drug-likeness (QED) is 0.932. The van der Waals surface area contributed by atoms with Gasteiger partial charge in [-0.05, 0) is 55.0 Å². The summed E-state index contributed by atoms with van der Waals surface area (Å²) in [6.07, 6.45) is 3.53. The second-order valence-electron chi connectivity index (χ2n) is 7.20. The van der Waals surface area contributed by atoms with Gasteiger partial charge in [-0.15, -0.1) is 11.3 Å². The normalized spacial score (nSPS) is 32.0. The van der Waals surface area contributed by atoms with E-state index in [4.69, 9.17) is 5.11 Å². The van der Waals surface area contributed by atoms with Crippen LogP contribution in [0.25, 0.3) is 0 Å². The maximum absolute atomic E-state index is 12.6. The number of hydrogen-bond donors (Lipinski definition) is 1. The standard InChI is InChI=1S/C17H21NO3S/c1-10-2-7-22-14(10)11-8-12(11)15(19)18-5-3-17(4-6-18)9-13(17)16(20)21/h2,7,11-13H,3-6,8-9H2,1H3,(H,20,21). The van der Waals surface area contributed by atoms with Crippen molar-refractivity contribution in [2.75, 3.05) is 13.1 Å². The summed E-state index contributed by atoms with van der Waals surface area (Å²) in [5, 5.41) is 11.2. The average molecular weight is 319 g/mol. The molecule has 1 aromatic rings. The van der Waals surface area contributed by atoms with E-state index in [1.54, 1.807) is 11.3 Å². The molecular weight excluding hydrogens is 298 g/mol. The van der Waals surface area contributed by atoms with E-state index in [9.17, 15) is 9.59 Å². The van der Waals surface area contributed by atoms with Crippen LogP contribution in [0.2, 0.25) is 0 Å². The van der Waals surface area contributed by atoms with Crippen LogP contribution in [-0.4, -0.2) is 35.0 Å². The Kier molecular flexibility index (Phi) is 3.12. The minimum Gasteiger partial charge on any atom is -0.481 e. The van der Waals surface area contributed by atoms with E-state index in [-0.39, 0.29) is 17.3 Å². The first-order valence-corrected chi connectivity index (χ1v) is 8.95. The first kappa shape index (κ1) is 14.2. The lowest BCUT2D eigenvalue weighted by molar-refractivity contribution is -0.140. The van der Waals surface area contributed by atoms with Gasteiger partial charge in [-0.25, -0.2) is 0 Å². The van der Waals surface area contributed by atoms with Crippen molar-refractivity contribution in [3.05, 3.63) is 21.9 Å². The van der Waals surface area contributed by atoms with Crippen molar-refractivity contribution < 1.29 is 14.7 Å². The molecule has 1 N–H and O–H groups in total. The van der Waals surface area contributed by atoms with Crippen LogP contribution in [0.4, 0.5) is 0 Å². The highest BCUT2D eigenvalue weighted by Gasteiger charge is 2.59. The zero-order valence-electron chi connectivity index (χ0n) is 12.7. The van der Waals surface area contributed by atoms with E-state index in [0.29, 0.717) is 11.8 Å².